The van der Waals surface area contributed by atoms with Crippen LogP contribution >= 0.6 is 0 Å². The van der Waals surface area contributed by atoms with Gasteiger partial charge in [-0.25, -0.2) is 9.97 Å². The molecule has 0 aliphatic rings. The van der Waals surface area contributed by atoms with E-state index in [-0.39, 0.29) is 0 Å². The standard InChI is InChI=1S/C62H35N3O3/c1-3-14-36(15-4-1)40-27-31-54-48(33-40)59-61(68-54)58(37-16-5-2-6-17-37)63-62(64-59)45-28-30-50(57-44-21-10-12-24-53(44)67-60(45)57)65-49-29-26-41(34-46(49)47-32-38-18-7-8-19-39(38)35-51(47)65)42-22-13-25-55-56(42)43-20-9-11-23-52(43)66-55/h1-35H. The molecule has 6 heteroatoms. The quantitative estimate of drug-likeness (QED) is 0.172. The molecule has 0 saturated carbocycles. The van der Waals surface area contributed by atoms with Crippen LogP contribution in [0.2, 0.25) is 0 Å². The Kier molecular flexibility index (Phi) is 7.69. The Bertz CT molecular complexity index is 4560. The van der Waals surface area contributed by atoms with Crippen molar-refractivity contribution in [3.05, 3.63) is 212 Å². The summed E-state index contributed by atoms with van der Waals surface area (Å²) in [6.45, 7) is 0. The largest absolute Gasteiger partial charge is 0.456 e. The first kappa shape index (κ1) is 37.0. The van der Waals surface area contributed by atoms with E-state index in [1.54, 1.807) is 0 Å². The Morgan fingerprint density at radius 3 is 1.79 bits per heavy atom. The van der Waals surface area contributed by atoms with Gasteiger partial charge in [0.15, 0.2) is 11.4 Å². The Balaban J connectivity index is 1.00. The maximum absolute atomic E-state index is 6.99. The van der Waals surface area contributed by atoms with Gasteiger partial charge in [-0.1, -0.05) is 146 Å². The van der Waals surface area contributed by atoms with Crippen molar-refractivity contribution in [2.75, 3.05) is 0 Å². The normalized spacial score (nSPS) is 12.1. The van der Waals surface area contributed by atoms with Crippen molar-refractivity contribution in [2.45, 2.75) is 0 Å². The first-order valence-electron chi connectivity index (χ1n) is 22.9. The molecular formula is C62H35N3O3. The zero-order valence-electron chi connectivity index (χ0n) is 36.3. The molecule has 0 N–H and O–H groups in total. The van der Waals surface area contributed by atoms with Crippen LogP contribution in [0.1, 0.15) is 0 Å². The van der Waals surface area contributed by atoms with Crippen LogP contribution in [0.25, 0.3) is 149 Å². The van der Waals surface area contributed by atoms with E-state index in [9.17, 15) is 0 Å². The van der Waals surface area contributed by atoms with Crippen molar-refractivity contribution in [3.63, 3.8) is 0 Å². The molecule has 5 aromatic heterocycles. The molecule has 6 nitrogen and oxygen atoms in total. The maximum Gasteiger partial charge on any atom is 0.180 e. The van der Waals surface area contributed by atoms with E-state index in [2.05, 4.69) is 162 Å². The Hall–Kier alpha value is -9.26. The number of benzene rings is 10. The predicted molar refractivity (Wildman–Crippen MR) is 277 cm³/mol. The Morgan fingerprint density at radius 2 is 0.971 bits per heavy atom. The molecule has 0 atom stereocenters. The molecule has 0 aliphatic carbocycles. The van der Waals surface area contributed by atoms with Crippen LogP contribution < -0.4 is 0 Å². The van der Waals surface area contributed by atoms with Crippen molar-refractivity contribution in [1.82, 2.24) is 14.5 Å². The molecule has 15 aromatic rings. The molecule has 15 rings (SSSR count). The maximum atomic E-state index is 6.99. The van der Waals surface area contributed by atoms with Gasteiger partial charge in [0.25, 0.3) is 0 Å². The lowest BCUT2D eigenvalue weighted by molar-refractivity contribution is 0.666. The summed E-state index contributed by atoms with van der Waals surface area (Å²) in [6.07, 6.45) is 0. The van der Waals surface area contributed by atoms with Gasteiger partial charge in [0.1, 0.15) is 39.1 Å². The third kappa shape index (κ3) is 5.40. The van der Waals surface area contributed by atoms with Crippen LogP contribution in [0.3, 0.4) is 0 Å². The molecular weight excluding hydrogens is 835 g/mol. The molecule has 316 valence electrons. The minimum Gasteiger partial charge on any atom is -0.456 e. The van der Waals surface area contributed by atoms with Gasteiger partial charge >= 0.3 is 0 Å². The van der Waals surface area contributed by atoms with E-state index in [0.717, 1.165) is 121 Å². The van der Waals surface area contributed by atoms with Gasteiger partial charge in [0, 0.05) is 37.9 Å². The molecule has 0 spiro atoms. The fraction of sp³-hybridized carbons (Fsp3) is 0. The molecule has 0 radical (unpaired) electrons. The average molecular weight is 870 g/mol. The summed E-state index contributed by atoms with van der Waals surface area (Å²) < 4.78 is 22.4. The van der Waals surface area contributed by atoms with Gasteiger partial charge in [-0.15, -0.1) is 0 Å². The first-order valence-corrected chi connectivity index (χ1v) is 22.9. The zero-order valence-corrected chi connectivity index (χ0v) is 36.3. The molecule has 0 fully saturated rings. The average Bonchev–Trinajstić information content (AvgIpc) is 4.17. The lowest BCUT2D eigenvalue weighted by Crippen LogP contribution is -1.98. The van der Waals surface area contributed by atoms with Crippen LogP contribution in [-0.2, 0) is 0 Å². The highest BCUT2D eigenvalue weighted by Crippen LogP contribution is 2.46. The third-order valence-electron chi connectivity index (χ3n) is 13.8. The number of aromatic nitrogens is 3. The van der Waals surface area contributed by atoms with Crippen molar-refractivity contribution in [2.24, 2.45) is 0 Å². The molecule has 0 saturated heterocycles. The molecule has 0 unspecified atom stereocenters. The highest BCUT2D eigenvalue weighted by atomic mass is 16.3. The monoisotopic (exact) mass is 869 g/mol. The van der Waals surface area contributed by atoms with E-state index < -0.39 is 0 Å². The van der Waals surface area contributed by atoms with Crippen LogP contribution in [0.4, 0.5) is 0 Å². The zero-order chi connectivity index (χ0) is 44.5. The van der Waals surface area contributed by atoms with Crippen LogP contribution in [0.15, 0.2) is 226 Å². The highest BCUT2D eigenvalue weighted by Gasteiger charge is 2.25. The van der Waals surface area contributed by atoms with Gasteiger partial charge < -0.3 is 17.8 Å². The second-order valence-electron chi connectivity index (χ2n) is 17.6. The molecule has 10 aromatic carbocycles. The van der Waals surface area contributed by atoms with E-state index in [1.165, 1.54) is 10.8 Å². The Labute approximate surface area is 387 Å². The van der Waals surface area contributed by atoms with Gasteiger partial charge in [-0.2, -0.15) is 0 Å². The summed E-state index contributed by atoms with van der Waals surface area (Å²) in [7, 11) is 0. The van der Waals surface area contributed by atoms with E-state index in [1.807, 2.05) is 54.6 Å². The second kappa shape index (κ2) is 14.1. The van der Waals surface area contributed by atoms with Crippen molar-refractivity contribution in [1.29, 1.82) is 0 Å². The van der Waals surface area contributed by atoms with E-state index >= 15 is 0 Å². The molecule has 68 heavy (non-hydrogen) atoms. The summed E-state index contributed by atoms with van der Waals surface area (Å²) in [5.41, 5.74) is 15.5. The summed E-state index contributed by atoms with van der Waals surface area (Å²) in [6, 6.07) is 74.4. The van der Waals surface area contributed by atoms with E-state index in [0.29, 0.717) is 17.0 Å². The van der Waals surface area contributed by atoms with Crippen LogP contribution in [0, 0.1) is 0 Å². The number of hydrogen-bond acceptors (Lipinski definition) is 5. The number of nitrogens with zero attached hydrogens (tertiary/aromatic N) is 3. The lowest BCUT2D eigenvalue weighted by atomic mass is 9.97. The lowest BCUT2D eigenvalue weighted by Gasteiger charge is -2.13. The third-order valence-corrected chi connectivity index (χ3v) is 13.8. The SMILES string of the molecule is c1ccc(-c2ccc3oc4c(-c5ccccc5)nc(-c5ccc(-n6c7ccc(-c8cccc9oc%10ccccc%10c89)cc7c7cc8ccccc8cc76)c6c5oc5ccccc56)nc4c3c2)cc1. The van der Waals surface area contributed by atoms with Gasteiger partial charge in [0.2, 0.25) is 0 Å². The Morgan fingerprint density at radius 1 is 0.338 bits per heavy atom. The van der Waals surface area contributed by atoms with Crippen LogP contribution in [0.5, 0.6) is 0 Å². The van der Waals surface area contributed by atoms with Gasteiger partial charge in [-0.3, -0.25) is 0 Å². The minimum absolute atomic E-state index is 0.554. The number of hydrogen-bond donors (Lipinski definition) is 0. The molecule has 5 heterocycles. The predicted octanol–water partition coefficient (Wildman–Crippen LogP) is 17.1. The van der Waals surface area contributed by atoms with Gasteiger partial charge in [0.05, 0.1) is 27.7 Å². The van der Waals surface area contributed by atoms with Crippen molar-refractivity contribution < 1.29 is 13.3 Å². The minimum atomic E-state index is 0.554. The number of para-hydroxylation sites is 2. The smallest absolute Gasteiger partial charge is 0.180 e. The number of rotatable bonds is 5. The summed E-state index contributed by atoms with van der Waals surface area (Å²) in [5.74, 6) is 0.554. The number of furan rings is 3. The van der Waals surface area contributed by atoms with Crippen LogP contribution in [-0.4, -0.2) is 14.5 Å². The van der Waals surface area contributed by atoms with Gasteiger partial charge in [-0.05, 0) is 99.8 Å². The van der Waals surface area contributed by atoms with E-state index in [4.69, 9.17) is 23.2 Å². The van der Waals surface area contributed by atoms with Crippen molar-refractivity contribution in [3.8, 4) is 50.6 Å². The summed E-state index contributed by atoms with van der Waals surface area (Å²) in [4.78, 5) is 10.8. The molecule has 0 bridgehead atoms. The fourth-order valence-electron chi connectivity index (χ4n) is 10.7. The summed E-state index contributed by atoms with van der Waals surface area (Å²) in [5, 5.41) is 9.82. The summed E-state index contributed by atoms with van der Waals surface area (Å²) >= 11 is 0. The first-order chi connectivity index (χ1) is 33.7. The topological polar surface area (TPSA) is 70.1 Å². The fourth-order valence-corrected chi connectivity index (χ4v) is 10.7. The molecule has 0 amide bonds. The van der Waals surface area contributed by atoms with Crippen molar-refractivity contribution >= 4 is 98.5 Å². The second-order valence-corrected chi connectivity index (χ2v) is 17.6. The number of fused-ring (bicyclic) bond motifs is 13. The highest BCUT2D eigenvalue weighted by molar-refractivity contribution is 6.20. The molecule has 0 aliphatic heterocycles.